The van der Waals surface area contributed by atoms with Crippen LogP contribution >= 0.6 is 0 Å². The number of benzene rings is 2. The van der Waals surface area contributed by atoms with Crippen molar-refractivity contribution >= 4 is 0 Å². The minimum atomic E-state index is 0.533. The highest BCUT2D eigenvalue weighted by atomic mass is 16.5. The number of ether oxygens (including phenoxy) is 1. The van der Waals surface area contributed by atoms with Gasteiger partial charge in [-0.05, 0) is 60.8 Å². The minimum absolute atomic E-state index is 0.533. The van der Waals surface area contributed by atoms with E-state index in [2.05, 4.69) is 57.8 Å². The van der Waals surface area contributed by atoms with Crippen LogP contribution in [0.2, 0.25) is 0 Å². The molecule has 1 aliphatic rings. The van der Waals surface area contributed by atoms with Crippen molar-refractivity contribution in [2.24, 2.45) is 0 Å². The third kappa shape index (κ3) is 4.80. The fourth-order valence-corrected chi connectivity index (χ4v) is 3.85. The Bertz CT molecular complexity index is 861. The van der Waals surface area contributed by atoms with Gasteiger partial charge in [0.05, 0.1) is 12.8 Å². The quantitative estimate of drug-likeness (QED) is 0.684. The molecule has 1 aromatic heterocycles. The first kappa shape index (κ1) is 18.7. The molecule has 4 rings (SSSR count). The summed E-state index contributed by atoms with van der Waals surface area (Å²) in [6.45, 7) is 4.13. The standard InChI is InChI=1S/C23H28N4O/c1-28-23-7-2-5-20(15-23)17-26-13-3-6-21(18-26)24-16-19-8-10-22(11-9-19)27-14-4-12-25-27/h2,4-5,7-12,14-15,21,24H,3,6,13,16-18H2,1H3/t21-/m0/s1. The van der Waals surface area contributed by atoms with Gasteiger partial charge >= 0.3 is 0 Å². The summed E-state index contributed by atoms with van der Waals surface area (Å²) in [5, 5.41) is 8.02. The number of hydrogen-bond acceptors (Lipinski definition) is 4. The minimum Gasteiger partial charge on any atom is -0.497 e. The molecule has 0 aliphatic carbocycles. The van der Waals surface area contributed by atoms with Gasteiger partial charge in [0.25, 0.3) is 0 Å². The second-order valence-corrected chi connectivity index (χ2v) is 7.42. The fourth-order valence-electron chi connectivity index (χ4n) is 3.85. The molecule has 1 atom stereocenters. The van der Waals surface area contributed by atoms with E-state index in [-0.39, 0.29) is 0 Å². The molecule has 0 unspecified atom stereocenters. The van der Waals surface area contributed by atoms with E-state index in [4.69, 9.17) is 4.74 Å². The van der Waals surface area contributed by atoms with Crippen LogP contribution in [-0.4, -0.2) is 40.9 Å². The molecule has 1 saturated heterocycles. The van der Waals surface area contributed by atoms with E-state index in [0.29, 0.717) is 6.04 Å². The van der Waals surface area contributed by atoms with Gasteiger partial charge in [0.1, 0.15) is 5.75 Å². The number of nitrogens with zero attached hydrogens (tertiary/aromatic N) is 3. The molecule has 1 N–H and O–H groups in total. The van der Waals surface area contributed by atoms with Gasteiger partial charge in [-0.15, -0.1) is 0 Å². The van der Waals surface area contributed by atoms with E-state index in [1.807, 2.05) is 23.0 Å². The second-order valence-electron chi connectivity index (χ2n) is 7.42. The fraction of sp³-hybridized carbons (Fsp3) is 0.348. The number of aromatic nitrogens is 2. The Kier molecular flexibility index (Phi) is 6.04. The number of likely N-dealkylation sites (tertiary alicyclic amines) is 1. The molecule has 28 heavy (non-hydrogen) atoms. The van der Waals surface area contributed by atoms with Crippen molar-refractivity contribution in [1.29, 1.82) is 0 Å². The van der Waals surface area contributed by atoms with Crippen molar-refractivity contribution < 1.29 is 4.74 Å². The zero-order chi connectivity index (χ0) is 19.2. The Labute approximate surface area is 166 Å². The molecular formula is C23H28N4O. The van der Waals surface area contributed by atoms with E-state index in [1.54, 1.807) is 13.3 Å². The van der Waals surface area contributed by atoms with Crippen LogP contribution < -0.4 is 10.1 Å². The van der Waals surface area contributed by atoms with Crippen molar-refractivity contribution in [1.82, 2.24) is 20.0 Å². The summed E-state index contributed by atoms with van der Waals surface area (Å²) in [6, 6.07) is 19.5. The lowest BCUT2D eigenvalue weighted by Gasteiger charge is -2.33. The lowest BCUT2D eigenvalue weighted by molar-refractivity contribution is 0.182. The van der Waals surface area contributed by atoms with E-state index < -0.39 is 0 Å². The maximum Gasteiger partial charge on any atom is 0.119 e. The van der Waals surface area contributed by atoms with Crippen molar-refractivity contribution in [3.8, 4) is 11.4 Å². The number of nitrogens with one attached hydrogen (secondary N) is 1. The van der Waals surface area contributed by atoms with Crippen LogP contribution in [0.15, 0.2) is 67.0 Å². The molecule has 0 amide bonds. The predicted octanol–water partition coefficient (Wildman–Crippen LogP) is 3.64. The lowest BCUT2D eigenvalue weighted by Crippen LogP contribution is -2.45. The van der Waals surface area contributed by atoms with Gasteiger partial charge in [-0.25, -0.2) is 4.68 Å². The zero-order valence-corrected chi connectivity index (χ0v) is 16.4. The van der Waals surface area contributed by atoms with Crippen LogP contribution in [-0.2, 0) is 13.1 Å². The van der Waals surface area contributed by atoms with Gasteiger partial charge in [0, 0.05) is 38.1 Å². The molecule has 3 aromatic rings. The molecule has 0 spiro atoms. The molecule has 0 radical (unpaired) electrons. The van der Waals surface area contributed by atoms with Crippen molar-refractivity contribution in [2.45, 2.75) is 32.0 Å². The van der Waals surface area contributed by atoms with Gasteiger partial charge < -0.3 is 10.1 Å². The predicted molar refractivity (Wildman–Crippen MR) is 112 cm³/mol. The number of methoxy groups -OCH3 is 1. The summed E-state index contributed by atoms with van der Waals surface area (Å²) >= 11 is 0. The van der Waals surface area contributed by atoms with Gasteiger partial charge in [-0.1, -0.05) is 24.3 Å². The molecule has 2 aromatic carbocycles. The highest BCUT2D eigenvalue weighted by Gasteiger charge is 2.19. The van der Waals surface area contributed by atoms with Crippen molar-refractivity contribution in [3.05, 3.63) is 78.1 Å². The molecule has 5 nitrogen and oxygen atoms in total. The molecule has 2 heterocycles. The first-order valence-corrected chi connectivity index (χ1v) is 9.98. The molecule has 1 aliphatic heterocycles. The Morgan fingerprint density at radius 3 is 2.79 bits per heavy atom. The normalized spacial score (nSPS) is 17.5. The number of hydrogen-bond donors (Lipinski definition) is 1. The Morgan fingerprint density at radius 2 is 2.00 bits per heavy atom. The second kappa shape index (κ2) is 9.04. The van der Waals surface area contributed by atoms with E-state index >= 15 is 0 Å². The van der Waals surface area contributed by atoms with Gasteiger partial charge in [0.15, 0.2) is 0 Å². The summed E-state index contributed by atoms with van der Waals surface area (Å²) in [5.41, 5.74) is 3.71. The van der Waals surface area contributed by atoms with Crippen LogP contribution in [0, 0.1) is 0 Å². The first-order valence-electron chi connectivity index (χ1n) is 9.98. The SMILES string of the molecule is COc1cccc(CN2CCC[C@H](NCc3ccc(-n4cccn4)cc3)C2)c1. The highest BCUT2D eigenvalue weighted by molar-refractivity contribution is 5.33. The maximum absolute atomic E-state index is 5.35. The third-order valence-electron chi connectivity index (χ3n) is 5.35. The van der Waals surface area contributed by atoms with Crippen LogP contribution in [0.25, 0.3) is 5.69 Å². The molecule has 0 saturated carbocycles. The number of rotatable bonds is 7. The summed E-state index contributed by atoms with van der Waals surface area (Å²) < 4.78 is 7.23. The van der Waals surface area contributed by atoms with Crippen LogP contribution in [0.3, 0.4) is 0 Å². The Hall–Kier alpha value is -2.63. The Balaban J connectivity index is 1.29. The third-order valence-corrected chi connectivity index (χ3v) is 5.35. The van der Waals surface area contributed by atoms with Crippen LogP contribution in [0.5, 0.6) is 5.75 Å². The molecule has 5 heteroatoms. The summed E-state index contributed by atoms with van der Waals surface area (Å²) in [5.74, 6) is 0.933. The topological polar surface area (TPSA) is 42.3 Å². The molecule has 1 fully saturated rings. The van der Waals surface area contributed by atoms with E-state index in [1.165, 1.54) is 24.0 Å². The summed E-state index contributed by atoms with van der Waals surface area (Å²) in [7, 11) is 1.72. The summed E-state index contributed by atoms with van der Waals surface area (Å²) in [4.78, 5) is 2.54. The van der Waals surface area contributed by atoms with Crippen molar-refractivity contribution in [2.75, 3.05) is 20.2 Å². The number of piperidine rings is 1. The molecule has 0 bridgehead atoms. The zero-order valence-electron chi connectivity index (χ0n) is 16.4. The molecular weight excluding hydrogens is 348 g/mol. The Morgan fingerprint density at radius 1 is 1.11 bits per heavy atom. The summed E-state index contributed by atoms with van der Waals surface area (Å²) in [6.07, 6.45) is 6.24. The average Bonchev–Trinajstić information content (AvgIpc) is 3.28. The van der Waals surface area contributed by atoms with Gasteiger partial charge in [-0.3, -0.25) is 4.90 Å². The average molecular weight is 377 g/mol. The van der Waals surface area contributed by atoms with E-state index in [0.717, 1.165) is 37.6 Å². The largest absolute Gasteiger partial charge is 0.497 e. The van der Waals surface area contributed by atoms with Crippen LogP contribution in [0.4, 0.5) is 0 Å². The van der Waals surface area contributed by atoms with Crippen molar-refractivity contribution in [3.63, 3.8) is 0 Å². The highest BCUT2D eigenvalue weighted by Crippen LogP contribution is 2.18. The molecule has 146 valence electrons. The maximum atomic E-state index is 5.35. The van der Waals surface area contributed by atoms with E-state index in [9.17, 15) is 0 Å². The smallest absolute Gasteiger partial charge is 0.119 e. The first-order chi connectivity index (χ1) is 13.8. The van der Waals surface area contributed by atoms with Crippen LogP contribution in [0.1, 0.15) is 24.0 Å². The van der Waals surface area contributed by atoms with Gasteiger partial charge in [-0.2, -0.15) is 5.10 Å². The van der Waals surface area contributed by atoms with Gasteiger partial charge in [0.2, 0.25) is 0 Å². The monoisotopic (exact) mass is 376 g/mol. The lowest BCUT2D eigenvalue weighted by atomic mass is 10.0.